The number of ether oxygens (including phenoxy) is 2. The number of hydrogen-bond acceptors (Lipinski definition) is 3. The standard InChI is InChI=1S/C22H17O3S/c1-2-7-22(23)24-16-12-14-17(15-13-16)26-20-10-5-3-8-18(20)25-19-9-4-6-11-21(19)26/h2-15H,1H3/q+1/b7-2+. The van der Waals surface area contributed by atoms with E-state index in [9.17, 15) is 4.79 Å². The number of carbonyl (C=O) groups is 1. The van der Waals surface area contributed by atoms with Crippen molar-refractivity contribution in [2.75, 3.05) is 0 Å². The first-order valence-corrected chi connectivity index (χ1v) is 9.53. The SMILES string of the molecule is C/C=C/C(=O)Oc1ccc([S+]2c3ccccc3Oc3ccccc32)cc1. The number of benzene rings is 3. The zero-order chi connectivity index (χ0) is 17.9. The monoisotopic (exact) mass is 361 g/mol. The maximum Gasteiger partial charge on any atom is 0.335 e. The molecule has 0 bridgehead atoms. The van der Waals surface area contributed by atoms with Gasteiger partial charge in [0, 0.05) is 6.08 Å². The summed E-state index contributed by atoms with van der Waals surface area (Å²) in [5.41, 5.74) is 0. The molecule has 0 fully saturated rings. The predicted molar refractivity (Wildman–Crippen MR) is 102 cm³/mol. The zero-order valence-corrected chi connectivity index (χ0v) is 15.0. The number of carbonyl (C=O) groups excluding carboxylic acids is 1. The number of para-hydroxylation sites is 2. The molecule has 0 radical (unpaired) electrons. The molecule has 1 aliphatic heterocycles. The molecule has 0 aromatic heterocycles. The van der Waals surface area contributed by atoms with Crippen LogP contribution < -0.4 is 9.47 Å². The Morgan fingerprint density at radius 1 is 0.885 bits per heavy atom. The molecule has 1 heterocycles. The van der Waals surface area contributed by atoms with Crippen LogP contribution in [0.2, 0.25) is 0 Å². The number of allylic oxidation sites excluding steroid dienone is 1. The van der Waals surface area contributed by atoms with Crippen LogP contribution in [-0.2, 0) is 15.7 Å². The highest BCUT2D eigenvalue weighted by molar-refractivity contribution is 7.97. The van der Waals surface area contributed by atoms with E-state index in [1.165, 1.54) is 6.08 Å². The second kappa shape index (κ2) is 7.10. The molecule has 26 heavy (non-hydrogen) atoms. The third-order valence-electron chi connectivity index (χ3n) is 3.94. The summed E-state index contributed by atoms with van der Waals surface area (Å²) in [5.74, 6) is 1.94. The molecule has 0 spiro atoms. The first-order chi connectivity index (χ1) is 12.8. The van der Waals surface area contributed by atoms with Crippen LogP contribution in [0.4, 0.5) is 0 Å². The Hall–Kier alpha value is -2.98. The van der Waals surface area contributed by atoms with Gasteiger partial charge in [-0.25, -0.2) is 4.79 Å². The summed E-state index contributed by atoms with van der Waals surface area (Å²) < 4.78 is 11.4. The molecular formula is C22H17O3S+. The maximum absolute atomic E-state index is 11.6. The summed E-state index contributed by atoms with van der Waals surface area (Å²) in [6, 6.07) is 23.9. The van der Waals surface area contributed by atoms with Crippen molar-refractivity contribution in [2.45, 2.75) is 21.6 Å². The predicted octanol–water partition coefficient (Wildman–Crippen LogP) is 5.37. The lowest BCUT2D eigenvalue weighted by Crippen LogP contribution is -2.12. The Kier molecular flexibility index (Phi) is 4.50. The summed E-state index contributed by atoms with van der Waals surface area (Å²) in [6.45, 7) is 1.78. The van der Waals surface area contributed by atoms with E-state index in [-0.39, 0.29) is 16.9 Å². The van der Waals surface area contributed by atoms with E-state index in [2.05, 4.69) is 12.1 Å². The van der Waals surface area contributed by atoms with Crippen LogP contribution >= 0.6 is 0 Å². The highest BCUT2D eigenvalue weighted by atomic mass is 32.2. The fourth-order valence-electron chi connectivity index (χ4n) is 2.83. The molecule has 0 saturated carbocycles. The van der Waals surface area contributed by atoms with Gasteiger partial charge in [0.05, 0.1) is 0 Å². The molecule has 1 aliphatic rings. The van der Waals surface area contributed by atoms with E-state index in [0.29, 0.717) is 5.75 Å². The average molecular weight is 361 g/mol. The Bertz CT molecular complexity index is 931. The van der Waals surface area contributed by atoms with E-state index < -0.39 is 0 Å². The molecule has 4 heteroatoms. The summed E-state index contributed by atoms with van der Waals surface area (Å²) in [4.78, 5) is 15.1. The van der Waals surface area contributed by atoms with Crippen LogP contribution in [0.3, 0.4) is 0 Å². The molecule has 0 amide bonds. The van der Waals surface area contributed by atoms with Crippen molar-refractivity contribution in [2.24, 2.45) is 0 Å². The van der Waals surface area contributed by atoms with Gasteiger partial charge < -0.3 is 9.47 Å². The molecule has 3 aromatic rings. The topological polar surface area (TPSA) is 35.5 Å². The van der Waals surface area contributed by atoms with Crippen molar-refractivity contribution in [1.82, 2.24) is 0 Å². The van der Waals surface area contributed by atoms with Crippen LogP contribution in [0, 0.1) is 0 Å². The van der Waals surface area contributed by atoms with Crippen LogP contribution in [-0.4, -0.2) is 5.97 Å². The van der Waals surface area contributed by atoms with Crippen LogP contribution in [0.5, 0.6) is 17.2 Å². The number of rotatable bonds is 3. The molecule has 0 atom stereocenters. The van der Waals surface area contributed by atoms with Gasteiger partial charge in [-0.2, -0.15) is 0 Å². The largest absolute Gasteiger partial charge is 0.447 e. The summed E-state index contributed by atoms with van der Waals surface area (Å²) in [5, 5.41) is 0. The number of esters is 1. The molecule has 0 N–H and O–H groups in total. The van der Waals surface area contributed by atoms with Gasteiger partial charge in [-0.15, -0.1) is 0 Å². The van der Waals surface area contributed by atoms with Crippen molar-refractivity contribution < 1.29 is 14.3 Å². The second-order valence-electron chi connectivity index (χ2n) is 5.69. The van der Waals surface area contributed by atoms with Gasteiger partial charge in [-0.05, 0) is 55.5 Å². The van der Waals surface area contributed by atoms with E-state index in [1.54, 1.807) is 13.0 Å². The minimum atomic E-state index is -0.371. The van der Waals surface area contributed by atoms with E-state index in [4.69, 9.17) is 9.47 Å². The number of hydrogen-bond donors (Lipinski definition) is 0. The van der Waals surface area contributed by atoms with E-state index in [0.717, 1.165) is 26.2 Å². The lowest BCUT2D eigenvalue weighted by molar-refractivity contribution is -0.129. The number of fused-ring (bicyclic) bond motifs is 2. The van der Waals surface area contributed by atoms with Gasteiger partial charge in [0.25, 0.3) is 0 Å². The van der Waals surface area contributed by atoms with Gasteiger partial charge in [0.2, 0.25) is 9.79 Å². The van der Waals surface area contributed by atoms with Gasteiger partial charge in [0.15, 0.2) is 16.4 Å². The lowest BCUT2D eigenvalue weighted by Gasteiger charge is -2.19. The third kappa shape index (κ3) is 3.11. The quantitative estimate of drug-likeness (QED) is 0.213. The summed E-state index contributed by atoms with van der Waals surface area (Å²) in [7, 11) is -0.262. The summed E-state index contributed by atoms with van der Waals surface area (Å²) in [6.07, 6.45) is 3.06. The Labute approximate surface area is 155 Å². The van der Waals surface area contributed by atoms with Gasteiger partial charge >= 0.3 is 5.97 Å². The first-order valence-electron chi connectivity index (χ1n) is 8.31. The minimum absolute atomic E-state index is 0.262. The average Bonchev–Trinajstić information content (AvgIpc) is 2.67. The van der Waals surface area contributed by atoms with Crippen LogP contribution in [0.25, 0.3) is 0 Å². The van der Waals surface area contributed by atoms with Gasteiger partial charge in [-0.3, -0.25) is 0 Å². The molecule has 3 nitrogen and oxygen atoms in total. The third-order valence-corrected chi connectivity index (χ3v) is 6.24. The minimum Gasteiger partial charge on any atom is -0.447 e. The smallest absolute Gasteiger partial charge is 0.335 e. The van der Waals surface area contributed by atoms with E-state index >= 15 is 0 Å². The van der Waals surface area contributed by atoms with Crippen molar-refractivity contribution in [3.63, 3.8) is 0 Å². The Morgan fingerprint density at radius 2 is 1.46 bits per heavy atom. The van der Waals surface area contributed by atoms with Gasteiger partial charge in [0.1, 0.15) is 16.6 Å². The Balaban J connectivity index is 1.72. The normalized spacial score (nSPS) is 13.0. The van der Waals surface area contributed by atoms with Crippen molar-refractivity contribution in [1.29, 1.82) is 0 Å². The molecule has 0 saturated heterocycles. The van der Waals surface area contributed by atoms with Crippen molar-refractivity contribution >= 4 is 16.9 Å². The Morgan fingerprint density at radius 3 is 2.04 bits per heavy atom. The zero-order valence-electron chi connectivity index (χ0n) is 14.2. The van der Waals surface area contributed by atoms with Crippen LogP contribution in [0.15, 0.2) is 99.6 Å². The van der Waals surface area contributed by atoms with Crippen molar-refractivity contribution in [3.05, 3.63) is 84.9 Å². The van der Waals surface area contributed by atoms with E-state index in [1.807, 2.05) is 60.7 Å². The molecule has 0 unspecified atom stereocenters. The van der Waals surface area contributed by atoms with Crippen molar-refractivity contribution in [3.8, 4) is 17.2 Å². The fourth-order valence-corrected chi connectivity index (χ4v) is 5.03. The highest BCUT2D eigenvalue weighted by Crippen LogP contribution is 2.46. The summed E-state index contributed by atoms with van der Waals surface area (Å²) >= 11 is 0. The van der Waals surface area contributed by atoms with Gasteiger partial charge in [-0.1, -0.05) is 30.3 Å². The molecule has 0 aliphatic carbocycles. The fraction of sp³-hybridized carbons (Fsp3) is 0.0455. The molecule has 128 valence electrons. The second-order valence-corrected chi connectivity index (χ2v) is 7.66. The first kappa shape index (κ1) is 16.5. The highest BCUT2D eigenvalue weighted by Gasteiger charge is 2.38. The lowest BCUT2D eigenvalue weighted by atomic mass is 10.3. The van der Waals surface area contributed by atoms with Crippen LogP contribution in [0.1, 0.15) is 6.92 Å². The molecule has 3 aromatic carbocycles. The maximum atomic E-state index is 11.6. The molecule has 4 rings (SSSR count). The molecular weight excluding hydrogens is 344 g/mol.